The lowest BCUT2D eigenvalue weighted by Gasteiger charge is -2.16. The van der Waals surface area contributed by atoms with Gasteiger partial charge >= 0.3 is 0 Å². The number of amides is 1. The maximum Gasteiger partial charge on any atom is 0.244 e. The Hall–Kier alpha value is -2.93. The van der Waals surface area contributed by atoms with Crippen molar-refractivity contribution < 1.29 is 9.53 Å². The van der Waals surface area contributed by atoms with Crippen molar-refractivity contribution in [3.05, 3.63) is 59.1 Å². The largest absolute Gasteiger partial charge is 0.496 e. The normalized spacial score (nSPS) is 11.8. The van der Waals surface area contributed by atoms with Gasteiger partial charge in [-0.1, -0.05) is 41.9 Å². The molecule has 7 nitrogen and oxygen atoms in total. The van der Waals surface area contributed by atoms with Crippen molar-refractivity contribution in [3.63, 3.8) is 0 Å². The molecule has 0 fully saturated rings. The molecule has 1 unspecified atom stereocenters. The van der Waals surface area contributed by atoms with E-state index < -0.39 is 0 Å². The van der Waals surface area contributed by atoms with Crippen LogP contribution in [0.2, 0.25) is 5.02 Å². The van der Waals surface area contributed by atoms with E-state index in [4.69, 9.17) is 16.3 Å². The minimum atomic E-state index is -0.224. The average Bonchev–Trinajstić information content (AvgIpc) is 3.10. The van der Waals surface area contributed by atoms with Crippen LogP contribution in [0.25, 0.3) is 11.4 Å². The molecule has 0 aliphatic rings. The van der Waals surface area contributed by atoms with Crippen molar-refractivity contribution in [2.24, 2.45) is 0 Å². The van der Waals surface area contributed by atoms with Gasteiger partial charge in [0.05, 0.1) is 13.2 Å². The molecule has 3 aromatic rings. The van der Waals surface area contributed by atoms with E-state index in [1.54, 1.807) is 25.3 Å². The number of nitrogens with one attached hydrogen (secondary N) is 1. The fraction of sp³-hybridized carbons (Fsp3) is 0.222. The predicted octanol–water partition coefficient (Wildman–Crippen LogP) is 2.88. The summed E-state index contributed by atoms with van der Waals surface area (Å²) in [5.74, 6) is 0.916. The van der Waals surface area contributed by atoms with Crippen molar-refractivity contribution in [2.45, 2.75) is 19.5 Å². The number of para-hydroxylation sites is 1. The first-order valence-corrected chi connectivity index (χ1v) is 8.40. The summed E-state index contributed by atoms with van der Waals surface area (Å²) in [5, 5.41) is 15.6. The summed E-state index contributed by atoms with van der Waals surface area (Å²) in [5.41, 5.74) is 1.64. The number of hydrogen-bond donors (Lipinski definition) is 1. The lowest BCUT2D eigenvalue weighted by molar-refractivity contribution is -0.122. The highest BCUT2D eigenvalue weighted by atomic mass is 35.5. The number of aromatic nitrogens is 4. The zero-order valence-electron chi connectivity index (χ0n) is 14.4. The van der Waals surface area contributed by atoms with Crippen LogP contribution < -0.4 is 10.1 Å². The molecule has 0 saturated carbocycles. The second-order valence-corrected chi connectivity index (χ2v) is 6.12. The Bertz CT molecular complexity index is 912. The zero-order valence-corrected chi connectivity index (χ0v) is 15.1. The van der Waals surface area contributed by atoms with Gasteiger partial charge in [-0.2, -0.15) is 4.80 Å². The summed E-state index contributed by atoms with van der Waals surface area (Å²) in [7, 11) is 1.60. The third kappa shape index (κ3) is 4.18. The van der Waals surface area contributed by atoms with E-state index >= 15 is 0 Å². The lowest BCUT2D eigenvalue weighted by atomic mass is 10.1. The molecule has 1 amide bonds. The van der Waals surface area contributed by atoms with Crippen molar-refractivity contribution in [1.82, 2.24) is 25.5 Å². The van der Waals surface area contributed by atoms with Crippen molar-refractivity contribution in [3.8, 4) is 17.1 Å². The summed E-state index contributed by atoms with van der Waals surface area (Å²) in [6.07, 6.45) is 0. The smallest absolute Gasteiger partial charge is 0.244 e. The Morgan fingerprint density at radius 1 is 1.27 bits per heavy atom. The minimum Gasteiger partial charge on any atom is -0.496 e. The number of carbonyl (C=O) groups excluding carboxylic acids is 1. The Kier molecular flexibility index (Phi) is 5.48. The molecule has 1 N–H and O–H groups in total. The molecule has 1 heterocycles. The Morgan fingerprint density at radius 2 is 2.08 bits per heavy atom. The van der Waals surface area contributed by atoms with Crippen LogP contribution in [0.15, 0.2) is 48.5 Å². The topological polar surface area (TPSA) is 81.9 Å². The van der Waals surface area contributed by atoms with E-state index in [1.165, 1.54) is 4.80 Å². The highest BCUT2D eigenvalue weighted by molar-refractivity contribution is 6.30. The molecule has 8 heteroatoms. The van der Waals surface area contributed by atoms with E-state index in [-0.39, 0.29) is 18.5 Å². The van der Waals surface area contributed by atoms with Crippen LogP contribution in [0.1, 0.15) is 18.5 Å². The van der Waals surface area contributed by atoms with Crippen molar-refractivity contribution >= 4 is 17.5 Å². The number of nitrogens with zero attached hydrogens (tertiary/aromatic N) is 4. The SMILES string of the molecule is COc1ccccc1C(C)NC(=O)Cn1nnc(-c2cccc(Cl)c2)n1. The van der Waals surface area contributed by atoms with E-state index in [0.29, 0.717) is 10.8 Å². The summed E-state index contributed by atoms with van der Waals surface area (Å²) < 4.78 is 5.33. The number of tetrazole rings is 1. The van der Waals surface area contributed by atoms with Gasteiger partial charge in [-0.25, -0.2) is 0 Å². The summed E-state index contributed by atoms with van der Waals surface area (Å²) in [6.45, 7) is 1.86. The van der Waals surface area contributed by atoms with Gasteiger partial charge in [-0.15, -0.1) is 10.2 Å². The van der Waals surface area contributed by atoms with Crippen LogP contribution in [-0.2, 0) is 11.3 Å². The van der Waals surface area contributed by atoms with Gasteiger partial charge in [0.25, 0.3) is 0 Å². The summed E-state index contributed by atoms with van der Waals surface area (Å²) >= 11 is 5.97. The lowest BCUT2D eigenvalue weighted by Crippen LogP contribution is -2.31. The van der Waals surface area contributed by atoms with Gasteiger partial charge < -0.3 is 10.1 Å². The number of rotatable bonds is 6. The molecule has 0 aliphatic heterocycles. The van der Waals surface area contributed by atoms with Crippen LogP contribution in [-0.4, -0.2) is 33.2 Å². The fourth-order valence-electron chi connectivity index (χ4n) is 2.57. The number of ether oxygens (including phenoxy) is 1. The predicted molar refractivity (Wildman–Crippen MR) is 97.8 cm³/mol. The zero-order chi connectivity index (χ0) is 18.5. The van der Waals surface area contributed by atoms with Crippen LogP contribution in [0.4, 0.5) is 0 Å². The van der Waals surface area contributed by atoms with Crippen molar-refractivity contribution in [2.75, 3.05) is 7.11 Å². The average molecular weight is 372 g/mol. The molecular formula is C18H18ClN5O2. The second kappa shape index (κ2) is 7.97. The van der Waals surface area contributed by atoms with Crippen LogP contribution in [0, 0.1) is 0 Å². The Balaban J connectivity index is 1.65. The first-order chi connectivity index (χ1) is 12.6. The molecule has 1 aromatic heterocycles. The van der Waals surface area contributed by atoms with Gasteiger partial charge in [-0.3, -0.25) is 4.79 Å². The van der Waals surface area contributed by atoms with Gasteiger partial charge in [-0.05, 0) is 30.3 Å². The summed E-state index contributed by atoms with van der Waals surface area (Å²) in [6, 6.07) is 14.5. The fourth-order valence-corrected chi connectivity index (χ4v) is 2.76. The monoisotopic (exact) mass is 371 g/mol. The quantitative estimate of drug-likeness (QED) is 0.720. The molecule has 1 atom stereocenters. The number of benzene rings is 2. The van der Waals surface area contributed by atoms with E-state index in [1.807, 2.05) is 37.3 Å². The van der Waals surface area contributed by atoms with Gasteiger partial charge in [0.2, 0.25) is 11.7 Å². The third-order valence-electron chi connectivity index (χ3n) is 3.80. The first kappa shape index (κ1) is 17.9. The van der Waals surface area contributed by atoms with Crippen molar-refractivity contribution in [1.29, 1.82) is 0 Å². The number of hydrogen-bond acceptors (Lipinski definition) is 5. The molecule has 3 rings (SSSR count). The molecule has 0 aliphatic carbocycles. The standard InChI is InChI=1S/C18H18ClN5O2/c1-12(15-8-3-4-9-16(15)26-2)20-17(25)11-24-22-18(21-23-24)13-6-5-7-14(19)10-13/h3-10,12H,11H2,1-2H3,(H,20,25). The first-order valence-electron chi connectivity index (χ1n) is 8.03. The van der Waals surface area contributed by atoms with Crippen LogP contribution >= 0.6 is 11.6 Å². The molecule has 26 heavy (non-hydrogen) atoms. The highest BCUT2D eigenvalue weighted by Gasteiger charge is 2.15. The van der Waals surface area contributed by atoms with E-state index in [9.17, 15) is 4.79 Å². The van der Waals surface area contributed by atoms with Gasteiger partial charge in [0, 0.05) is 16.1 Å². The van der Waals surface area contributed by atoms with Gasteiger partial charge in [0.1, 0.15) is 12.3 Å². The molecule has 2 aromatic carbocycles. The molecule has 0 saturated heterocycles. The second-order valence-electron chi connectivity index (χ2n) is 5.68. The molecule has 0 bridgehead atoms. The molecule has 134 valence electrons. The number of methoxy groups -OCH3 is 1. The Labute approximate surface area is 155 Å². The van der Waals surface area contributed by atoms with Crippen LogP contribution in [0.5, 0.6) is 5.75 Å². The highest BCUT2D eigenvalue weighted by Crippen LogP contribution is 2.24. The maximum absolute atomic E-state index is 12.3. The molecule has 0 radical (unpaired) electrons. The minimum absolute atomic E-state index is 0.0347. The third-order valence-corrected chi connectivity index (χ3v) is 4.04. The number of carbonyl (C=O) groups is 1. The van der Waals surface area contributed by atoms with E-state index in [0.717, 1.165) is 16.9 Å². The maximum atomic E-state index is 12.3. The summed E-state index contributed by atoms with van der Waals surface area (Å²) in [4.78, 5) is 13.5. The Morgan fingerprint density at radius 3 is 2.85 bits per heavy atom. The van der Waals surface area contributed by atoms with Gasteiger partial charge in [0.15, 0.2) is 0 Å². The van der Waals surface area contributed by atoms with Crippen LogP contribution in [0.3, 0.4) is 0 Å². The molecule has 0 spiro atoms. The molecular weight excluding hydrogens is 354 g/mol. The number of halogens is 1. The van der Waals surface area contributed by atoms with E-state index in [2.05, 4.69) is 20.7 Å².